The van der Waals surface area contributed by atoms with Crippen molar-refractivity contribution in [2.24, 2.45) is 0 Å². The van der Waals surface area contributed by atoms with Gasteiger partial charge in [0, 0.05) is 15.6 Å². The third-order valence-electron chi connectivity index (χ3n) is 4.83. The number of ether oxygens (including phenoxy) is 3. The van der Waals surface area contributed by atoms with Crippen molar-refractivity contribution in [3.05, 3.63) is 94.1 Å². The predicted octanol–water partition coefficient (Wildman–Crippen LogP) is 6.21. The summed E-state index contributed by atoms with van der Waals surface area (Å²) in [7, 11) is 2.46. The second-order valence-corrected chi connectivity index (χ2v) is 7.91. The number of nitrogens with zero attached hydrogens (tertiary/aromatic N) is 2. The Morgan fingerprint density at radius 3 is 2.12 bits per heavy atom. The summed E-state index contributed by atoms with van der Waals surface area (Å²) in [5, 5.41) is 5.44. The second-order valence-electron chi connectivity index (χ2n) is 7.04. The highest BCUT2D eigenvalue weighted by molar-refractivity contribution is 6.34. The first-order chi connectivity index (χ1) is 16.4. The van der Waals surface area contributed by atoms with Crippen LogP contribution in [0.5, 0.6) is 11.5 Å². The van der Waals surface area contributed by atoms with Crippen LogP contribution in [0, 0.1) is 0 Å². The molecule has 0 spiro atoms. The number of halogens is 2. The number of hydrogen-bond acceptors (Lipinski definition) is 6. The Morgan fingerprint density at radius 1 is 0.794 bits per heavy atom. The number of esters is 2. The van der Waals surface area contributed by atoms with E-state index in [1.165, 1.54) is 18.9 Å². The maximum Gasteiger partial charge on any atom is 0.357 e. The minimum Gasteiger partial charge on any atom is -0.465 e. The summed E-state index contributed by atoms with van der Waals surface area (Å²) in [6.45, 7) is 0. The van der Waals surface area contributed by atoms with Crippen LogP contribution in [0.1, 0.15) is 20.8 Å². The molecule has 34 heavy (non-hydrogen) atoms. The molecule has 1 aromatic heterocycles. The van der Waals surface area contributed by atoms with Gasteiger partial charge >= 0.3 is 11.9 Å². The van der Waals surface area contributed by atoms with Crippen LogP contribution in [-0.2, 0) is 9.47 Å². The number of hydrogen-bond donors (Lipinski definition) is 0. The summed E-state index contributed by atoms with van der Waals surface area (Å²) >= 11 is 12.1. The molecule has 0 N–H and O–H groups in total. The first-order valence-corrected chi connectivity index (χ1v) is 10.8. The molecule has 3 aromatic carbocycles. The van der Waals surface area contributed by atoms with Gasteiger partial charge in [-0.05, 0) is 42.5 Å². The molecule has 0 unspecified atom stereocenters. The van der Waals surface area contributed by atoms with E-state index < -0.39 is 11.9 Å². The first-order valence-electron chi connectivity index (χ1n) is 10.0. The maximum atomic E-state index is 12.8. The van der Waals surface area contributed by atoms with E-state index >= 15 is 0 Å². The van der Waals surface area contributed by atoms with Crippen molar-refractivity contribution in [3.63, 3.8) is 0 Å². The van der Waals surface area contributed by atoms with E-state index in [0.29, 0.717) is 32.8 Å². The summed E-state index contributed by atoms with van der Waals surface area (Å²) < 4.78 is 17.2. The lowest BCUT2D eigenvalue weighted by Gasteiger charge is -2.09. The molecule has 172 valence electrons. The number of carbonyl (C=O) groups is 2. The molecule has 0 amide bonds. The number of rotatable bonds is 6. The zero-order chi connectivity index (χ0) is 24.2. The smallest absolute Gasteiger partial charge is 0.357 e. The van der Waals surface area contributed by atoms with Crippen molar-refractivity contribution < 1.29 is 23.8 Å². The van der Waals surface area contributed by atoms with Crippen molar-refractivity contribution in [1.29, 1.82) is 0 Å². The Labute approximate surface area is 205 Å². The quantitative estimate of drug-likeness (QED) is 0.295. The molecule has 0 saturated carbocycles. The van der Waals surface area contributed by atoms with Gasteiger partial charge in [-0.1, -0.05) is 53.5 Å². The van der Waals surface area contributed by atoms with Gasteiger partial charge in [-0.3, -0.25) is 0 Å². The predicted molar refractivity (Wildman–Crippen MR) is 128 cm³/mol. The van der Waals surface area contributed by atoms with Gasteiger partial charge in [0.1, 0.15) is 22.8 Å². The summed E-state index contributed by atoms with van der Waals surface area (Å²) in [5.74, 6) is -0.581. The Balaban J connectivity index is 1.87. The normalized spacial score (nSPS) is 10.6. The SMILES string of the molecule is COC(=O)c1c(-c2cccc(Oc3cc(Cl)cc(Cl)c3)c2)nn(-c2ccccc2)c1C(=O)OC. The lowest BCUT2D eigenvalue weighted by atomic mass is 10.1. The Bertz CT molecular complexity index is 1350. The molecule has 0 aliphatic heterocycles. The standard InChI is InChI=1S/C25H18Cl2N2O5/c1-32-24(30)21-22(28-29(23(21)25(31)33-2)18-8-4-3-5-9-18)15-7-6-10-19(11-15)34-20-13-16(26)12-17(27)14-20/h3-14H,1-2H3. The van der Waals surface area contributed by atoms with Crippen molar-refractivity contribution in [3.8, 4) is 28.4 Å². The zero-order valence-corrected chi connectivity index (χ0v) is 19.6. The summed E-state index contributed by atoms with van der Waals surface area (Å²) in [6, 6.07) is 20.7. The topological polar surface area (TPSA) is 79.7 Å². The van der Waals surface area contributed by atoms with Crippen LogP contribution < -0.4 is 4.74 Å². The van der Waals surface area contributed by atoms with Crippen molar-refractivity contribution in [2.45, 2.75) is 0 Å². The van der Waals surface area contributed by atoms with Crippen LogP contribution in [0.15, 0.2) is 72.8 Å². The zero-order valence-electron chi connectivity index (χ0n) is 18.1. The van der Waals surface area contributed by atoms with Crippen LogP contribution in [0.4, 0.5) is 0 Å². The molecule has 1 heterocycles. The number of aromatic nitrogens is 2. The minimum atomic E-state index is -0.732. The van der Waals surface area contributed by atoms with Crippen LogP contribution in [0.3, 0.4) is 0 Å². The number of benzene rings is 3. The molecule has 0 bridgehead atoms. The van der Waals surface area contributed by atoms with E-state index in [2.05, 4.69) is 5.10 Å². The average molecular weight is 497 g/mol. The van der Waals surface area contributed by atoms with E-state index in [-0.39, 0.29) is 17.0 Å². The Morgan fingerprint density at radius 2 is 1.47 bits per heavy atom. The molecule has 0 aliphatic carbocycles. The van der Waals surface area contributed by atoms with E-state index in [0.717, 1.165) is 0 Å². The molecule has 0 atom stereocenters. The molecule has 4 aromatic rings. The second kappa shape index (κ2) is 9.99. The van der Waals surface area contributed by atoms with E-state index in [9.17, 15) is 9.59 Å². The van der Waals surface area contributed by atoms with Gasteiger partial charge < -0.3 is 14.2 Å². The third-order valence-corrected chi connectivity index (χ3v) is 5.27. The fourth-order valence-corrected chi connectivity index (χ4v) is 3.89. The van der Waals surface area contributed by atoms with Gasteiger partial charge in [-0.25, -0.2) is 14.3 Å². The molecule has 0 radical (unpaired) electrons. The Kier molecular flexibility index (Phi) is 6.86. The van der Waals surface area contributed by atoms with E-state index in [1.54, 1.807) is 66.7 Å². The molecular weight excluding hydrogens is 479 g/mol. The fourth-order valence-electron chi connectivity index (χ4n) is 3.39. The van der Waals surface area contributed by atoms with Crippen LogP contribution in [0.2, 0.25) is 10.0 Å². The van der Waals surface area contributed by atoms with Gasteiger partial charge in [0.2, 0.25) is 0 Å². The highest BCUT2D eigenvalue weighted by Crippen LogP contribution is 2.33. The molecule has 0 fully saturated rings. The van der Waals surface area contributed by atoms with Gasteiger partial charge in [-0.15, -0.1) is 0 Å². The van der Waals surface area contributed by atoms with Gasteiger partial charge in [0.25, 0.3) is 0 Å². The van der Waals surface area contributed by atoms with Gasteiger partial charge in [0.15, 0.2) is 5.69 Å². The van der Waals surface area contributed by atoms with E-state index in [1.807, 2.05) is 6.07 Å². The number of methoxy groups -OCH3 is 2. The number of para-hydroxylation sites is 1. The molecule has 9 heteroatoms. The van der Waals surface area contributed by atoms with Crippen molar-refractivity contribution in [1.82, 2.24) is 9.78 Å². The molecular formula is C25H18Cl2N2O5. The largest absolute Gasteiger partial charge is 0.465 e. The fraction of sp³-hybridized carbons (Fsp3) is 0.0800. The summed E-state index contributed by atoms with van der Waals surface area (Å²) in [4.78, 5) is 25.5. The third kappa shape index (κ3) is 4.76. The first kappa shape index (κ1) is 23.4. The summed E-state index contributed by atoms with van der Waals surface area (Å²) in [5.41, 5.74) is 1.24. The molecule has 7 nitrogen and oxygen atoms in total. The lowest BCUT2D eigenvalue weighted by Crippen LogP contribution is -2.15. The van der Waals surface area contributed by atoms with Crippen LogP contribution in [-0.4, -0.2) is 35.9 Å². The molecule has 0 saturated heterocycles. The average Bonchev–Trinajstić information content (AvgIpc) is 3.24. The lowest BCUT2D eigenvalue weighted by molar-refractivity contribution is 0.0549. The molecule has 4 rings (SSSR count). The highest BCUT2D eigenvalue weighted by atomic mass is 35.5. The van der Waals surface area contributed by atoms with Crippen LogP contribution >= 0.6 is 23.2 Å². The monoisotopic (exact) mass is 496 g/mol. The van der Waals surface area contributed by atoms with Gasteiger partial charge in [-0.2, -0.15) is 5.10 Å². The van der Waals surface area contributed by atoms with Gasteiger partial charge in [0.05, 0.1) is 19.9 Å². The number of carbonyl (C=O) groups excluding carboxylic acids is 2. The van der Waals surface area contributed by atoms with Crippen LogP contribution in [0.25, 0.3) is 16.9 Å². The van der Waals surface area contributed by atoms with E-state index in [4.69, 9.17) is 37.4 Å². The minimum absolute atomic E-state index is 0.0267. The van der Waals surface area contributed by atoms with Crippen molar-refractivity contribution in [2.75, 3.05) is 14.2 Å². The molecule has 0 aliphatic rings. The Hall–Kier alpha value is -3.81. The summed E-state index contributed by atoms with van der Waals surface area (Å²) in [6.07, 6.45) is 0. The van der Waals surface area contributed by atoms with Crippen molar-refractivity contribution >= 4 is 35.1 Å². The highest BCUT2D eigenvalue weighted by Gasteiger charge is 2.31. The maximum absolute atomic E-state index is 12.8.